The zero-order valence-corrected chi connectivity index (χ0v) is 30.9. The van der Waals surface area contributed by atoms with Crippen LogP contribution in [0.4, 0.5) is 20.2 Å². The van der Waals surface area contributed by atoms with Gasteiger partial charge in [-0.1, -0.05) is 38.5 Å². The molecule has 0 aromatic heterocycles. The zero-order valence-electron chi connectivity index (χ0n) is 29.2. The molecule has 0 bridgehead atoms. The lowest BCUT2D eigenvalue weighted by Crippen LogP contribution is -2.28. The molecular formula is C37H45F2N2O8S2+. The molecule has 0 atom stereocenters. The van der Waals surface area contributed by atoms with E-state index in [2.05, 4.69) is 9.48 Å². The van der Waals surface area contributed by atoms with E-state index in [1.165, 1.54) is 24.3 Å². The van der Waals surface area contributed by atoms with E-state index in [1.807, 2.05) is 58.1 Å². The van der Waals surface area contributed by atoms with Gasteiger partial charge in [-0.25, -0.2) is 0 Å². The van der Waals surface area contributed by atoms with Gasteiger partial charge in [0.15, 0.2) is 5.71 Å². The van der Waals surface area contributed by atoms with E-state index in [4.69, 9.17) is 0 Å². The number of anilines is 1. The number of carbonyl (C=O) groups is 2. The largest absolute Gasteiger partial charge is 0.344 e. The van der Waals surface area contributed by atoms with Gasteiger partial charge in [-0.05, 0) is 81.5 Å². The molecule has 2 aliphatic rings. The first-order valence-electron chi connectivity index (χ1n) is 16.8. The van der Waals surface area contributed by atoms with E-state index in [9.17, 15) is 44.3 Å². The minimum Gasteiger partial charge on any atom is -0.344 e. The maximum Gasteiger partial charge on any atom is 0.301 e. The van der Waals surface area contributed by atoms with Crippen molar-refractivity contribution < 1.29 is 48.9 Å². The normalized spacial score (nSPS) is 17.6. The van der Waals surface area contributed by atoms with Crippen LogP contribution in [-0.2, 0) is 40.7 Å². The van der Waals surface area contributed by atoms with Gasteiger partial charge in [0.05, 0.1) is 15.2 Å². The third-order valence-corrected chi connectivity index (χ3v) is 11.3. The molecule has 2 aromatic carbocycles. The summed E-state index contributed by atoms with van der Waals surface area (Å²) in [5.41, 5.74) is 3.40. The lowest BCUT2D eigenvalue weighted by Gasteiger charge is -2.27. The van der Waals surface area contributed by atoms with E-state index >= 15 is 0 Å². The Labute approximate surface area is 298 Å². The molecule has 0 saturated carbocycles. The number of halogens is 2. The summed E-state index contributed by atoms with van der Waals surface area (Å²) in [6.07, 6.45) is 12.4. The van der Waals surface area contributed by atoms with Gasteiger partial charge >= 0.3 is 12.1 Å². The molecule has 276 valence electrons. The van der Waals surface area contributed by atoms with Crippen molar-refractivity contribution >= 4 is 49.4 Å². The quantitative estimate of drug-likeness (QED) is 0.0553. The SMILES string of the molecule is CC1(C)C(/C=C/C=C/C=C2/N(CCCCCC(=O)F)c3ccc(S(=O)(=O)O)cc3C2(C)C)=[N+](CCCCCC(=O)F)c2ccc(S(=O)(=O)O)cc21. The van der Waals surface area contributed by atoms with Crippen LogP contribution in [0.25, 0.3) is 0 Å². The van der Waals surface area contributed by atoms with Crippen LogP contribution in [0.3, 0.4) is 0 Å². The summed E-state index contributed by atoms with van der Waals surface area (Å²) in [6, 6.07) is 6.26. The number of hydrogen-bond acceptors (Lipinski definition) is 7. The Morgan fingerprint density at radius 1 is 0.745 bits per heavy atom. The van der Waals surface area contributed by atoms with Gasteiger partial charge in [-0.2, -0.15) is 30.2 Å². The van der Waals surface area contributed by atoms with Gasteiger partial charge in [0.25, 0.3) is 20.2 Å². The first-order valence-corrected chi connectivity index (χ1v) is 19.7. The third-order valence-electron chi connectivity index (χ3n) is 9.56. The molecule has 0 unspecified atom stereocenters. The molecule has 2 N–H and O–H groups in total. The number of nitrogens with zero attached hydrogens (tertiary/aromatic N) is 2. The molecule has 0 spiro atoms. The molecule has 4 rings (SSSR count). The highest BCUT2D eigenvalue weighted by molar-refractivity contribution is 7.86. The summed E-state index contributed by atoms with van der Waals surface area (Å²) in [5.74, 6) is 0. The van der Waals surface area contributed by atoms with Gasteiger partial charge in [-0.3, -0.25) is 18.7 Å². The van der Waals surface area contributed by atoms with Crippen LogP contribution in [0.2, 0.25) is 0 Å². The number of rotatable bonds is 17. The molecule has 0 saturated heterocycles. The van der Waals surface area contributed by atoms with Crippen molar-refractivity contribution in [3.05, 3.63) is 83.6 Å². The molecule has 2 heterocycles. The van der Waals surface area contributed by atoms with E-state index in [0.29, 0.717) is 62.7 Å². The fourth-order valence-electron chi connectivity index (χ4n) is 6.89. The average Bonchev–Trinajstić information content (AvgIpc) is 3.37. The number of carbonyl (C=O) groups excluding carboxylic acids is 2. The van der Waals surface area contributed by atoms with Crippen molar-refractivity contribution in [2.75, 3.05) is 18.0 Å². The van der Waals surface area contributed by atoms with Gasteiger partial charge in [0.1, 0.15) is 6.54 Å². The first-order chi connectivity index (χ1) is 23.8. The van der Waals surface area contributed by atoms with Crippen molar-refractivity contribution in [2.45, 2.75) is 99.7 Å². The zero-order chi connectivity index (χ0) is 37.8. The maximum absolute atomic E-state index is 12.7. The van der Waals surface area contributed by atoms with Crippen LogP contribution in [0.15, 0.2) is 82.3 Å². The minimum atomic E-state index is -4.44. The summed E-state index contributed by atoms with van der Waals surface area (Å²) in [6.45, 7) is 8.87. The molecular weight excluding hydrogens is 703 g/mol. The van der Waals surface area contributed by atoms with Gasteiger partial charge in [0, 0.05) is 60.3 Å². The number of benzene rings is 2. The lowest BCUT2D eigenvalue weighted by atomic mass is 9.81. The second kappa shape index (κ2) is 15.8. The molecule has 0 aliphatic carbocycles. The predicted octanol–water partition coefficient (Wildman–Crippen LogP) is 7.46. The van der Waals surface area contributed by atoms with E-state index in [0.717, 1.165) is 22.8 Å². The Kier molecular flexibility index (Phi) is 12.4. The molecule has 0 radical (unpaired) electrons. The summed E-state index contributed by atoms with van der Waals surface area (Å²) in [7, 11) is -8.87. The van der Waals surface area contributed by atoms with Crippen molar-refractivity contribution in [3.63, 3.8) is 0 Å². The average molecular weight is 748 g/mol. The highest BCUT2D eigenvalue weighted by Gasteiger charge is 2.45. The smallest absolute Gasteiger partial charge is 0.301 e. The molecule has 2 aromatic rings. The van der Waals surface area contributed by atoms with Crippen LogP contribution in [0.5, 0.6) is 0 Å². The summed E-state index contributed by atoms with van der Waals surface area (Å²) < 4.78 is 94.7. The maximum atomic E-state index is 12.7. The number of fused-ring (bicyclic) bond motifs is 2. The van der Waals surface area contributed by atoms with Crippen LogP contribution in [-0.4, -0.2) is 61.4 Å². The molecule has 51 heavy (non-hydrogen) atoms. The van der Waals surface area contributed by atoms with Crippen LogP contribution >= 0.6 is 0 Å². The summed E-state index contributed by atoms with van der Waals surface area (Å²) in [4.78, 5) is 23.2. The standard InChI is InChI=1S/C37H44F2N2O8S2/c1-36(2)28-24-26(50(44,45)46)18-20-30(28)40(22-12-6-10-16-34(38)42)32(36)14-8-5-9-15-33-37(3,4)29-25-27(51(47,48)49)19-21-31(29)41(33)23-13-7-11-17-35(39)43/h5,8-9,14-15,18-21,24-25H,6-7,10-13,16-17,22-23H2,1-4H3,(H-,44,45,46,47,48,49)/p+1. The number of allylic oxidation sites excluding steroid dienone is 6. The predicted molar refractivity (Wildman–Crippen MR) is 191 cm³/mol. The Balaban J connectivity index is 1.65. The lowest BCUT2D eigenvalue weighted by molar-refractivity contribution is -0.438. The molecule has 2 aliphatic heterocycles. The first kappa shape index (κ1) is 39.9. The molecule has 10 nitrogen and oxygen atoms in total. The third kappa shape index (κ3) is 9.34. The second-order valence-corrected chi connectivity index (χ2v) is 16.7. The number of hydrogen-bond donors (Lipinski definition) is 2. The number of unbranched alkanes of at least 4 members (excludes halogenated alkanes) is 4. The monoisotopic (exact) mass is 747 g/mol. The van der Waals surface area contributed by atoms with Crippen LogP contribution < -0.4 is 4.90 Å². The Morgan fingerprint density at radius 3 is 1.90 bits per heavy atom. The van der Waals surface area contributed by atoms with Crippen molar-refractivity contribution in [1.82, 2.24) is 0 Å². The fourth-order valence-corrected chi connectivity index (χ4v) is 7.90. The second-order valence-electron chi connectivity index (χ2n) is 13.9. The van der Waals surface area contributed by atoms with Gasteiger partial charge in [-0.15, -0.1) is 0 Å². The highest BCUT2D eigenvalue weighted by atomic mass is 32.2. The fraction of sp³-hybridized carbons (Fsp3) is 0.432. The van der Waals surface area contributed by atoms with E-state index in [1.54, 1.807) is 12.1 Å². The van der Waals surface area contributed by atoms with Crippen molar-refractivity contribution in [2.24, 2.45) is 0 Å². The van der Waals surface area contributed by atoms with Crippen molar-refractivity contribution in [1.29, 1.82) is 0 Å². The Hall–Kier alpha value is -3.85. The topological polar surface area (TPSA) is 149 Å². The van der Waals surface area contributed by atoms with Crippen molar-refractivity contribution in [3.8, 4) is 0 Å². The molecule has 14 heteroatoms. The highest BCUT2D eigenvalue weighted by Crippen LogP contribution is 2.48. The van der Waals surface area contributed by atoms with Crippen LogP contribution in [0.1, 0.15) is 90.2 Å². The van der Waals surface area contributed by atoms with E-state index < -0.39 is 43.1 Å². The summed E-state index contributed by atoms with van der Waals surface area (Å²) >= 11 is 0. The summed E-state index contributed by atoms with van der Waals surface area (Å²) in [5, 5.41) is 0. The molecule has 0 amide bonds. The Morgan fingerprint density at radius 2 is 1.31 bits per heavy atom. The Bertz CT molecular complexity index is 2030. The van der Waals surface area contributed by atoms with Gasteiger partial charge < -0.3 is 4.90 Å². The molecule has 0 fully saturated rings. The van der Waals surface area contributed by atoms with Crippen LogP contribution in [0, 0.1) is 0 Å². The van der Waals surface area contributed by atoms with E-state index in [-0.39, 0.29) is 22.6 Å². The van der Waals surface area contributed by atoms with Gasteiger partial charge in [0.2, 0.25) is 5.69 Å². The minimum absolute atomic E-state index is 0.141.